The second-order valence-electron chi connectivity index (χ2n) is 6.25. The number of hydrogen-bond donors (Lipinski definition) is 1. The molecule has 104 valence electrons. The van der Waals surface area contributed by atoms with Crippen LogP contribution in [-0.4, -0.2) is 28.1 Å². The minimum absolute atomic E-state index is 0.0494. The number of rotatable bonds is 3. The molecule has 1 aliphatic heterocycles. The first-order chi connectivity index (χ1) is 8.88. The van der Waals surface area contributed by atoms with E-state index in [1.165, 1.54) is 11.1 Å². The average molecular weight is 261 g/mol. The number of aliphatic carboxylic acids is 1. The molecule has 1 atom stereocenters. The van der Waals surface area contributed by atoms with Crippen molar-refractivity contribution in [3.05, 3.63) is 35.4 Å². The van der Waals surface area contributed by atoms with Crippen LogP contribution in [0.3, 0.4) is 0 Å². The van der Waals surface area contributed by atoms with E-state index in [2.05, 4.69) is 49.9 Å². The Hall–Kier alpha value is -1.35. The predicted octanol–water partition coefficient (Wildman–Crippen LogP) is 3.07. The topological polar surface area (TPSA) is 40.5 Å². The fourth-order valence-corrected chi connectivity index (χ4v) is 2.87. The van der Waals surface area contributed by atoms with E-state index in [1.54, 1.807) is 0 Å². The van der Waals surface area contributed by atoms with Gasteiger partial charge < -0.3 is 5.11 Å². The molecule has 1 N–H and O–H groups in total. The molecule has 19 heavy (non-hydrogen) atoms. The lowest BCUT2D eigenvalue weighted by Crippen LogP contribution is -2.50. The van der Waals surface area contributed by atoms with Crippen LogP contribution in [0.25, 0.3) is 0 Å². The smallest absolute Gasteiger partial charge is 0.306 e. The van der Waals surface area contributed by atoms with E-state index >= 15 is 0 Å². The quantitative estimate of drug-likeness (QED) is 0.909. The lowest BCUT2D eigenvalue weighted by atomic mass is 9.82. The molecule has 2 rings (SSSR count). The summed E-state index contributed by atoms with van der Waals surface area (Å²) in [4.78, 5) is 13.5. The number of piperidine rings is 1. The van der Waals surface area contributed by atoms with Crippen LogP contribution in [0.15, 0.2) is 24.3 Å². The monoisotopic (exact) mass is 261 g/mol. The van der Waals surface area contributed by atoms with Crippen molar-refractivity contribution in [2.24, 2.45) is 5.92 Å². The number of benzene rings is 1. The van der Waals surface area contributed by atoms with Crippen LogP contribution in [-0.2, 0) is 11.3 Å². The third-order valence-corrected chi connectivity index (χ3v) is 4.19. The maximum Gasteiger partial charge on any atom is 0.306 e. The Morgan fingerprint density at radius 1 is 1.37 bits per heavy atom. The van der Waals surface area contributed by atoms with Crippen LogP contribution in [0.2, 0.25) is 0 Å². The fourth-order valence-electron chi connectivity index (χ4n) is 2.87. The highest BCUT2D eigenvalue weighted by molar-refractivity contribution is 5.70. The van der Waals surface area contributed by atoms with E-state index in [1.807, 2.05) is 0 Å². The van der Waals surface area contributed by atoms with Crippen molar-refractivity contribution in [1.82, 2.24) is 4.90 Å². The highest BCUT2D eigenvalue weighted by Gasteiger charge is 2.37. The summed E-state index contributed by atoms with van der Waals surface area (Å²) in [7, 11) is 0. The zero-order valence-electron chi connectivity index (χ0n) is 12.0. The van der Waals surface area contributed by atoms with Crippen LogP contribution in [0.4, 0.5) is 0 Å². The Labute approximate surface area is 115 Å². The third-order valence-electron chi connectivity index (χ3n) is 4.19. The van der Waals surface area contributed by atoms with Crippen molar-refractivity contribution in [3.63, 3.8) is 0 Å². The van der Waals surface area contributed by atoms with Gasteiger partial charge >= 0.3 is 5.97 Å². The summed E-state index contributed by atoms with van der Waals surface area (Å²) in [6, 6.07) is 8.59. The maximum absolute atomic E-state index is 11.1. The van der Waals surface area contributed by atoms with Gasteiger partial charge in [-0.3, -0.25) is 9.69 Å². The normalized spacial score (nSPS) is 23.2. The van der Waals surface area contributed by atoms with Gasteiger partial charge in [-0.2, -0.15) is 0 Å². The highest BCUT2D eigenvalue weighted by Crippen LogP contribution is 2.32. The van der Waals surface area contributed by atoms with Gasteiger partial charge in [0.15, 0.2) is 0 Å². The fraction of sp³-hybridized carbons (Fsp3) is 0.562. The Balaban J connectivity index is 2.05. The van der Waals surface area contributed by atoms with Crippen molar-refractivity contribution >= 4 is 5.97 Å². The van der Waals surface area contributed by atoms with Crippen molar-refractivity contribution in [2.75, 3.05) is 6.54 Å². The van der Waals surface area contributed by atoms with Crippen LogP contribution in [0.5, 0.6) is 0 Å². The molecule has 1 aliphatic rings. The molecule has 0 bridgehead atoms. The number of carboxylic acid groups (broad SMARTS) is 1. The third kappa shape index (κ3) is 3.35. The van der Waals surface area contributed by atoms with Crippen LogP contribution in [0, 0.1) is 12.8 Å². The van der Waals surface area contributed by atoms with Gasteiger partial charge in [-0.05, 0) is 45.7 Å². The van der Waals surface area contributed by atoms with Crippen molar-refractivity contribution < 1.29 is 9.90 Å². The molecule has 1 fully saturated rings. The van der Waals surface area contributed by atoms with Gasteiger partial charge in [-0.1, -0.05) is 29.8 Å². The van der Waals surface area contributed by atoms with Gasteiger partial charge in [0.05, 0.1) is 5.92 Å². The second kappa shape index (κ2) is 5.33. The van der Waals surface area contributed by atoms with Gasteiger partial charge in [0, 0.05) is 12.1 Å². The Morgan fingerprint density at radius 3 is 2.53 bits per heavy atom. The molecule has 1 saturated heterocycles. The lowest BCUT2D eigenvalue weighted by Gasteiger charge is -2.44. The first-order valence-electron chi connectivity index (χ1n) is 6.92. The largest absolute Gasteiger partial charge is 0.481 e. The number of carboxylic acids is 1. The van der Waals surface area contributed by atoms with Crippen molar-refractivity contribution in [3.8, 4) is 0 Å². The summed E-state index contributed by atoms with van der Waals surface area (Å²) in [6.45, 7) is 8.15. The molecule has 0 spiro atoms. The van der Waals surface area contributed by atoms with Crippen molar-refractivity contribution in [2.45, 2.75) is 45.7 Å². The molecule has 1 unspecified atom stereocenters. The summed E-state index contributed by atoms with van der Waals surface area (Å²) >= 11 is 0. The molecular formula is C16H23NO2. The van der Waals surface area contributed by atoms with Gasteiger partial charge in [0.2, 0.25) is 0 Å². The molecule has 0 amide bonds. The minimum atomic E-state index is -0.650. The van der Waals surface area contributed by atoms with Crippen LogP contribution >= 0.6 is 0 Å². The van der Waals surface area contributed by atoms with E-state index in [0.29, 0.717) is 0 Å². The molecule has 1 aromatic carbocycles. The molecular weight excluding hydrogens is 238 g/mol. The molecule has 0 aromatic heterocycles. The van der Waals surface area contributed by atoms with Crippen LogP contribution in [0.1, 0.15) is 37.8 Å². The Morgan fingerprint density at radius 2 is 2.00 bits per heavy atom. The number of carbonyl (C=O) groups is 1. The van der Waals surface area contributed by atoms with E-state index in [0.717, 1.165) is 25.9 Å². The molecule has 0 saturated carbocycles. The highest BCUT2D eigenvalue weighted by atomic mass is 16.4. The number of aryl methyl sites for hydroxylation is 1. The standard InChI is InChI=1S/C16H23NO2/c1-12-4-6-13(7-5-12)11-17-9-8-14(15(18)19)10-16(17,2)3/h4-7,14H,8-11H2,1-3H3,(H,18,19). The average Bonchev–Trinajstić information content (AvgIpc) is 2.33. The summed E-state index contributed by atoms with van der Waals surface area (Å²) in [6.07, 6.45) is 1.48. The van der Waals surface area contributed by atoms with Gasteiger partial charge in [0.1, 0.15) is 0 Å². The van der Waals surface area contributed by atoms with E-state index < -0.39 is 5.97 Å². The number of likely N-dealkylation sites (tertiary alicyclic amines) is 1. The zero-order chi connectivity index (χ0) is 14.0. The van der Waals surface area contributed by atoms with Gasteiger partial charge in [-0.25, -0.2) is 0 Å². The first-order valence-corrected chi connectivity index (χ1v) is 6.92. The van der Waals surface area contributed by atoms with E-state index in [4.69, 9.17) is 5.11 Å². The number of nitrogens with zero attached hydrogens (tertiary/aromatic N) is 1. The number of hydrogen-bond acceptors (Lipinski definition) is 2. The van der Waals surface area contributed by atoms with Gasteiger partial charge in [0.25, 0.3) is 0 Å². The predicted molar refractivity (Wildman–Crippen MR) is 76.0 cm³/mol. The second-order valence-corrected chi connectivity index (χ2v) is 6.25. The van der Waals surface area contributed by atoms with Crippen LogP contribution < -0.4 is 0 Å². The summed E-state index contributed by atoms with van der Waals surface area (Å²) < 4.78 is 0. The summed E-state index contributed by atoms with van der Waals surface area (Å²) in [5.74, 6) is -0.840. The molecule has 1 aromatic rings. The Bertz CT molecular complexity index is 450. The molecule has 1 heterocycles. The molecule has 3 nitrogen and oxygen atoms in total. The minimum Gasteiger partial charge on any atom is -0.481 e. The first kappa shape index (κ1) is 14.1. The Kier molecular flexibility index (Phi) is 3.95. The maximum atomic E-state index is 11.1. The molecule has 0 aliphatic carbocycles. The summed E-state index contributed by atoms with van der Waals surface area (Å²) in [5, 5.41) is 9.16. The van der Waals surface area contributed by atoms with Crippen molar-refractivity contribution in [1.29, 1.82) is 0 Å². The SMILES string of the molecule is Cc1ccc(CN2CCC(C(=O)O)CC2(C)C)cc1. The summed E-state index contributed by atoms with van der Waals surface area (Å²) in [5.41, 5.74) is 2.52. The molecule has 3 heteroatoms. The van der Waals surface area contributed by atoms with Gasteiger partial charge in [-0.15, -0.1) is 0 Å². The lowest BCUT2D eigenvalue weighted by molar-refractivity contribution is -0.145. The van der Waals surface area contributed by atoms with E-state index in [9.17, 15) is 4.79 Å². The molecule has 0 radical (unpaired) electrons. The zero-order valence-corrected chi connectivity index (χ0v) is 12.0. The van der Waals surface area contributed by atoms with E-state index in [-0.39, 0.29) is 11.5 Å².